The Bertz CT molecular complexity index is 362. The van der Waals surface area contributed by atoms with Gasteiger partial charge in [0, 0.05) is 6.54 Å². The monoisotopic (exact) mass is 283 g/mol. The van der Waals surface area contributed by atoms with E-state index >= 15 is 0 Å². The van der Waals surface area contributed by atoms with Crippen molar-refractivity contribution in [2.24, 2.45) is 0 Å². The predicted molar refractivity (Wildman–Crippen MR) is 56.9 cm³/mol. The van der Waals surface area contributed by atoms with Crippen LogP contribution in [-0.2, 0) is 14.4 Å². The Hall–Kier alpha value is -0.860. The van der Waals surface area contributed by atoms with E-state index in [0.29, 0.717) is 12.8 Å². The fraction of sp³-hybridized carbons (Fsp3) is 0.909. The third-order valence-electron chi connectivity index (χ3n) is 3.56. The summed E-state index contributed by atoms with van der Waals surface area (Å²) < 4.78 is 44.2. The third-order valence-corrected chi connectivity index (χ3v) is 3.56. The lowest BCUT2D eigenvalue weighted by Gasteiger charge is -2.36. The number of alkyl halides is 3. The second-order valence-electron chi connectivity index (χ2n) is 4.71. The number of hydrogen-bond acceptors (Lipinski definition) is 5. The lowest BCUT2D eigenvalue weighted by Crippen LogP contribution is -2.62. The van der Waals surface area contributed by atoms with Crippen molar-refractivity contribution >= 4 is 5.97 Å². The maximum atomic E-state index is 13.2. The number of aliphatic hydroxyl groups is 1. The van der Waals surface area contributed by atoms with Gasteiger partial charge >= 0.3 is 12.1 Å². The molecule has 8 heteroatoms. The minimum absolute atomic E-state index is 0.0721. The van der Waals surface area contributed by atoms with Gasteiger partial charge in [-0.2, -0.15) is 18.2 Å². The van der Waals surface area contributed by atoms with Crippen LogP contribution < -0.4 is 0 Å². The Balaban J connectivity index is 2.33. The van der Waals surface area contributed by atoms with Crippen molar-refractivity contribution in [1.29, 1.82) is 0 Å². The van der Waals surface area contributed by atoms with Gasteiger partial charge < -0.3 is 9.84 Å². The highest BCUT2D eigenvalue weighted by Gasteiger charge is 2.72. The maximum absolute atomic E-state index is 13.2. The molecule has 5 nitrogen and oxygen atoms in total. The normalized spacial score (nSPS) is 36.1. The molecule has 0 aromatic rings. The van der Waals surface area contributed by atoms with Gasteiger partial charge in [0.2, 0.25) is 11.7 Å². The lowest BCUT2D eigenvalue weighted by atomic mass is 9.84. The maximum Gasteiger partial charge on any atom is 0.422 e. The van der Waals surface area contributed by atoms with E-state index in [0.717, 1.165) is 5.06 Å². The molecule has 1 N–H and O–H groups in total. The Kier molecular flexibility index (Phi) is 3.76. The van der Waals surface area contributed by atoms with Crippen LogP contribution in [0.2, 0.25) is 0 Å². The number of nitrogens with zero attached hydrogens (tertiary/aromatic N) is 1. The summed E-state index contributed by atoms with van der Waals surface area (Å²) in [6.45, 7) is 1.67. The zero-order valence-electron chi connectivity index (χ0n) is 10.4. The smallest absolute Gasteiger partial charge is 0.422 e. The first kappa shape index (κ1) is 14.5. The number of carbonyl (C=O) groups excluding carboxylic acids is 1. The van der Waals surface area contributed by atoms with Crippen LogP contribution in [0.15, 0.2) is 0 Å². The molecular weight excluding hydrogens is 267 g/mol. The highest BCUT2D eigenvalue weighted by Crippen LogP contribution is 2.47. The van der Waals surface area contributed by atoms with Crippen molar-refractivity contribution in [3.05, 3.63) is 0 Å². The molecule has 0 saturated carbocycles. The van der Waals surface area contributed by atoms with Crippen LogP contribution >= 0.6 is 0 Å². The molecular formula is C11H16F3NO4. The first-order valence-corrected chi connectivity index (χ1v) is 6.21. The van der Waals surface area contributed by atoms with E-state index in [2.05, 4.69) is 4.74 Å². The van der Waals surface area contributed by atoms with Gasteiger partial charge in [-0.05, 0) is 19.8 Å². The van der Waals surface area contributed by atoms with E-state index in [1.54, 1.807) is 0 Å². The van der Waals surface area contributed by atoms with Crippen LogP contribution in [0, 0.1) is 0 Å². The summed E-state index contributed by atoms with van der Waals surface area (Å²) >= 11 is 0. The Labute approximate surface area is 108 Å². The van der Waals surface area contributed by atoms with Crippen LogP contribution in [0.4, 0.5) is 13.2 Å². The molecule has 0 unspecified atom stereocenters. The second-order valence-corrected chi connectivity index (χ2v) is 4.71. The van der Waals surface area contributed by atoms with Crippen LogP contribution in [-0.4, -0.2) is 53.2 Å². The van der Waals surface area contributed by atoms with E-state index < -0.39 is 29.9 Å². The molecule has 0 spiro atoms. The molecule has 0 aromatic carbocycles. The van der Waals surface area contributed by atoms with E-state index in [9.17, 15) is 23.1 Å². The van der Waals surface area contributed by atoms with Gasteiger partial charge in [-0.25, -0.2) is 4.79 Å². The SMILES string of the molecule is CCOC(=O)[C@H]1ON2CCCC[C@H]2[C@]1(O)C(F)(F)F. The second kappa shape index (κ2) is 4.92. The fourth-order valence-corrected chi connectivity index (χ4v) is 2.64. The molecule has 0 aliphatic carbocycles. The van der Waals surface area contributed by atoms with Crippen molar-refractivity contribution in [2.75, 3.05) is 13.2 Å². The van der Waals surface area contributed by atoms with E-state index in [1.807, 2.05) is 0 Å². The summed E-state index contributed by atoms with van der Waals surface area (Å²) in [6.07, 6.45) is -5.65. The molecule has 0 bridgehead atoms. The fourth-order valence-electron chi connectivity index (χ4n) is 2.64. The molecule has 0 radical (unpaired) electrons. The summed E-state index contributed by atoms with van der Waals surface area (Å²) in [5.41, 5.74) is -3.21. The number of carbonyl (C=O) groups is 1. The molecule has 110 valence electrons. The van der Waals surface area contributed by atoms with E-state index in [-0.39, 0.29) is 19.6 Å². The molecule has 2 fully saturated rings. The summed E-state index contributed by atoms with van der Waals surface area (Å²) in [5.74, 6) is -1.18. The molecule has 3 atom stereocenters. The van der Waals surface area contributed by atoms with Gasteiger partial charge in [0.05, 0.1) is 12.6 Å². The van der Waals surface area contributed by atoms with Gasteiger partial charge in [0.1, 0.15) is 0 Å². The molecule has 0 aromatic heterocycles. The van der Waals surface area contributed by atoms with Gasteiger partial charge in [-0.1, -0.05) is 6.42 Å². The average Bonchev–Trinajstić information content (AvgIpc) is 2.65. The minimum atomic E-state index is -4.96. The van der Waals surface area contributed by atoms with Crippen LogP contribution in [0.5, 0.6) is 0 Å². The Morgan fingerprint density at radius 1 is 1.53 bits per heavy atom. The number of halogens is 3. The van der Waals surface area contributed by atoms with Crippen molar-refractivity contribution in [2.45, 2.75) is 50.1 Å². The number of fused-ring (bicyclic) bond motifs is 1. The quantitative estimate of drug-likeness (QED) is 0.767. The van der Waals surface area contributed by atoms with Gasteiger partial charge in [0.15, 0.2) is 0 Å². The highest BCUT2D eigenvalue weighted by molar-refractivity contribution is 5.77. The molecule has 0 amide bonds. The van der Waals surface area contributed by atoms with Crippen LogP contribution in [0.1, 0.15) is 26.2 Å². The van der Waals surface area contributed by atoms with Crippen molar-refractivity contribution < 1.29 is 32.6 Å². The number of hydroxylamine groups is 2. The molecule has 2 aliphatic heterocycles. The standard InChI is InChI=1S/C11H16F3NO4/c1-2-18-9(16)8-10(17,11(12,13)14)7-5-3-4-6-15(7)19-8/h7-8,17H,2-6H2,1H3/t7-,8+,10+/m0/s1. The van der Waals surface area contributed by atoms with Crippen molar-refractivity contribution in [3.63, 3.8) is 0 Å². The van der Waals surface area contributed by atoms with E-state index in [1.165, 1.54) is 6.92 Å². The Morgan fingerprint density at radius 2 is 2.21 bits per heavy atom. The minimum Gasteiger partial charge on any atom is -0.464 e. The Morgan fingerprint density at radius 3 is 2.79 bits per heavy atom. The summed E-state index contributed by atoms with van der Waals surface area (Å²) in [5, 5.41) is 11.2. The number of hydrogen-bond donors (Lipinski definition) is 1. The van der Waals surface area contributed by atoms with E-state index in [4.69, 9.17) is 4.84 Å². The number of piperidine rings is 1. The average molecular weight is 283 g/mol. The largest absolute Gasteiger partial charge is 0.464 e. The third kappa shape index (κ3) is 2.21. The molecule has 2 rings (SSSR count). The summed E-state index contributed by atoms with van der Waals surface area (Å²) in [4.78, 5) is 16.6. The summed E-state index contributed by atoms with van der Waals surface area (Å²) in [6, 6.07) is -1.25. The summed E-state index contributed by atoms with van der Waals surface area (Å²) in [7, 11) is 0. The van der Waals surface area contributed by atoms with Crippen molar-refractivity contribution in [1.82, 2.24) is 5.06 Å². The molecule has 2 heterocycles. The first-order valence-electron chi connectivity index (χ1n) is 6.21. The molecule has 2 aliphatic rings. The zero-order chi connectivity index (χ0) is 14.3. The van der Waals surface area contributed by atoms with Crippen LogP contribution in [0.3, 0.4) is 0 Å². The van der Waals surface area contributed by atoms with Gasteiger partial charge in [-0.3, -0.25) is 4.84 Å². The lowest BCUT2D eigenvalue weighted by molar-refractivity contribution is -0.278. The topological polar surface area (TPSA) is 59.0 Å². The van der Waals surface area contributed by atoms with Crippen LogP contribution in [0.25, 0.3) is 0 Å². The van der Waals surface area contributed by atoms with Crippen molar-refractivity contribution in [3.8, 4) is 0 Å². The van der Waals surface area contributed by atoms with Gasteiger partial charge in [-0.15, -0.1) is 0 Å². The number of ether oxygens (including phenoxy) is 1. The zero-order valence-corrected chi connectivity index (χ0v) is 10.4. The predicted octanol–water partition coefficient (Wildman–Crippen LogP) is 1.01. The highest BCUT2D eigenvalue weighted by atomic mass is 19.4. The number of esters is 1. The van der Waals surface area contributed by atoms with Gasteiger partial charge in [0.25, 0.3) is 0 Å². The number of rotatable bonds is 2. The molecule has 2 saturated heterocycles. The molecule has 19 heavy (non-hydrogen) atoms. The first-order chi connectivity index (χ1) is 8.82.